The minimum atomic E-state index is -0.223. The summed E-state index contributed by atoms with van der Waals surface area (Å²) in [5, 5.41) is 2.45. The molecule has 3 aromatic heterocycles. The monoisotopic (exact) mass is 458 g/mol. The molecule has 6 rings (SSSR count). The van der Waals surface area contributed by atoms with E-state index in [0.717, 1.165) is 28.8 Å². The molecule has 4 heterocycles. The van der Waals surface area contributed by atoms with Crippen molar-refractivity contribution in [3.05, 3.63) is 66.4 Å². The SMILES string of the molecule is Fc1ccc(OCC2CCCN(C3CCCC(c4cc[nH]c5cnc6nccc6c45)C3)C2)cc1. The van der Waals surface area contributed by atoms with E-state index in [2.05, 4.69) is 38.2 Å². The van der Waals surface area contributed by atoms with Gasteiger partial charge in [0.1, 0.15) is 11.6 Å². The molecule has 0 spiro atoms. The maximum Gasteiger partial charge on any atom is 0.159 e. The standard InChI is InChI=1S/C28H31FN4O/c29-21-6-8-23(9-7-21)34-18-19-3-2-14-33(17-19)22-5-1-4-20(15-22)24-10-12-30-26-16-32-28-25(27(24)26)11-13-31-28/h6-13,16,19-20,22,30H,1-5,14-15,17-18H2. The van der Waals surface area contributed by atoms with Gasteiger partial charge in [-0.15, -0.1) is 0 Å². The molecule has 3 atom stereocenters. The van der Waals surface area contributed by atoms with Gasteiger partial charge in [-0.05, 0) is 86.5 Å². The summed E-state index contributed by atoms with van der Waals surface area (Å²) >= 11 is 0. The Kier molecular flexibility index (Phi) is 5.91. The largest absolute Gasteiger partial charge is 0.493 e. The molecule has 1 saturated heterocycles. The van der Waals surface area contributed by atoms with Crippen molar-refractivity contribution < 1.29 is 9.13 Å². The molecule has 6 heteroatoms. The van der Waals surface area contributed by atoms with Crippen molar-refractivity contribution in [2.45, 2.75) is 50.5 Å². The Balaban J connectivity index is 1.16. The van der Waals surface area contributed by atoms with Crippen LogP contribution in [-0.4, -0.2) is 45.6 Å². The zero-order chi connectivity index (χ0) is 22.9. The predicted octanol–water partition coefficient (Wildman–Crippen LogP) is 6.07. The van der Waals surface area contributed by atoms with E-state index < -0.39 is 0 Å². The molecule has 1 aromatic carbocycles. The molecule has 2 aliphatic rings. The molecule has 34 heavy (non-hydrogen) atoms. The zero-order valence-electron chi connectivity index (χ0n) is 19.4. The van der Waals surface area contributed by atoms with E-state index in [-0.39, 0.29) is 5.82 Å². The van der Waals surface area contributed by atoms with E-state index in [1.165, 1.54) is 68.2 Å². The van der Waals surface area contributed by atoms with Crippen LogP contribution in [0, 0.1) is 11.7 Å². The number of H-pyrrole nitrogens is 1. The van der Waals surface area contributed by atoms with E-state index in [1.54, 1.807) is 12.1 Å². The Bertz CT molecular complexity index is 1270. The molecule has 176 valence electrons. The van der Waals surface area contributed by atoms with Gasteiger partial charge in [-0.1, -0.05) is 6.42 Å². The topological polar surface area (TPSA) is 54.0 Å². The van der Waals surface area contributed by atoms with E-state index in [9.17, 15) is 4.39 Å². The number of pyridine rings is 2. The third kappa shape index (κ3) is 4.27. The van der Waals surface area contributed by atoms with Crippen LogP contribution in [0.15, 0.2) is 55.0 Å². The molecule has 0 amide bonds. The first-order chi connectivity index (χ1) is 16.7. The number of ether oxygens (including phenoxy) is 1. The number of nitrogens with zero attached hydrogens (tertiary/aromatic N) is 3. The van der Waals surface area contributed by atoms with Gasteiger partial charge >= 0.3 is 0 Å². The van der Waals surface area contributed by atoms with Crippen molar-refractivity contribution in [1.82, 2.24) is 19.9 Å². The summed E-state index contributed by atoms with van der Waals surface area (Å²) in [7, 11) is 0. The van der Waals surface area contributed by atoms with Crippen LogP contribution in [0.25, 0.3) is 21.9 Å². The van der Waals surface area contributed by atoms with Crippen LogP contribution in [0.3, 0.4) is 0 Å². The van der Waals surface area contributed by atoms with Gasteiger partial charge in [-0.25, -0.2) is 14.4 Å². The quantitative estimate of drug-likeness (QED) is 0.395. The lowest BCUT2D eigenvalue weighted by atomic mass is 9.79. The first kappa shape index (κ1) is 21.5. The van der Waals surface area contributed by atoms with E-state index in [4.69, 9.17) is 4.74 Å². The van der Waals surface area contributed by atoms with Gasteiger partial charge < -0.3 is 9.72 Å². The van der Waals surface area contributed by atoms with Gasteiger partial charge in [0, 0.05) is 41.7 Å². The third-order valence-corrected chi connectivity index (χ3v) is 7.78. The number of aromatic nitrogens is 3. The number of hydrogen-bond donors (Lipinski definition) is 1. The Morgan fingerprint density at radius 2 is 1.94 bits per heavy atom. The second kappa shape index (κ2) is 9.34. The molecule has 4 aromatic rings. The van der Waals surface area contributed by atoms with Gasteiger partial charge in [-0.2, -0.15) is 0 Å². The fourth-order valence-corrected chi connectivity index (χ4v) is 6.11. The van der Waals surface area contributed by atoms with E-state index in [1.807, 2.05) is 12.4 Å². The fraction of sp³-hybridized carbons (Fsp3) is 0.429. The zero-order valence-corrected chi connectivity index (χ0v) is 19.4. The summed E-state index contributed by atoms with van der Waals surface area (Å²) < 4.78 is 19.2. The number of benzene rings is 1. The maximum absolute atomic E-state index is 13.2. The molecule has 1 aliphatic carbocycles. The van der Waals surface area contributed by atoms with Crippen molar-refractivity contribution in [2.75, 3.05) is 19.7 Å². The summed E-state index contributed by atoms with van der Waals surface area (Å²) in [5.41, 5.74) is 3.36. The smallest absolute Gasteiger partial charge is 0.159 e. The van der Waals surface area contributed by atoms with Crippen LogP contribution < -0.4 is 4.74 Å². The average molecular weight is 459 g/mol. The van der Waals surface area contributed by atoms with Crippen LogP contribution in [0.4, 0.5) is 4.39 Å². The molecule has 1 aliphatic heterocycles. The van der Waals surface area contributed by atoms with Gasteiger partial charge in [0.2, 0.25) is 0 Å². The lowest BCUT2D eigenvalue weighted by Crippen LogP contribution is -2.45. The highest BCUT2D eigenvalue weighted by atomic mass is 19.1. The molecule has 0 radical (unpaired) electrons. The van der Waals surface area contributed by atoms with Crippen LogP contribution in [0.5, 0.6) is 5.75 Å². The van der Waals surface area contributed by atoms with Gasteiger partial charge in [0.25, 0.3) is 0 Å². The summed E-state index contributed by atoms with van der Waals surface area (Å²) in [4.78, 5) is 15.0. The van der Waals surface area contributed by atoms with Crippen molar-refractivity contribution in [3.8, 4) is 5.75 Å². The summed E-state index contributed by atoms with van der Waals surface area (Å²) in [6.45, 7) is 2.96. The number of aromatic amines is 1. The van der Waals surface area contributed by atoms with E-state index >= 15 is 0 Å². The van der Waals surface area contributed by atoms with Crippen molar-refractivity contribution in [3.63, 3.8) is 0 Å². The van der Waals surface area contributed by atoms with Gasteiger partial charge in [-0.3, -0.25) is 4.90 Å². The number of halogens is 1. The first-order valence-electron chi connectivity index (χ1n) is 12.6. The van der Waals surface area contributed by atoms with Gasteiger partial charge in [0.15, 0.2) is 5.65 Å². The molecule has 1 saturated carbocycles. The fourth-order valence-electron chi connectivity index (χ4n) is 6.11. The number of rotatable bonds is 5. The Morgan fingerprint density at radius 1 is 1.03 bits per heavy atom. The number of fused-ring (bicyclic) bond motifs is 3. The summed E-state index contributed by atoms with van der Waals surface area (Å²) in [6, 6.07) is 11.4. The first-order valence-corrected chi connectivity index (χ1v) is 12.6. The number of likely N-dealkylation sites (tertiary alicyclic amines) is 1. The molecule has 3 unspecified atom stereocenters. The highest BCUT2D eigenvalue weighted by molar-refractivity contribution is 6.05. The molecule has 0 bridgehead atoms. The van der Waals surface area contributed by atoms with Crippen LogP contribution in [0.2, 0.25) is 0 Å². The van der Waals surface area contributed by atoms with Crippen molar-refractivity contribution in [1.29, 1.82) is 0 Å². The second-order valence-electron chi connectivity index (χ2n) is 9.95. The second-order valence-corrected chi connectivity index (χ2v) is 9.95. The van der Waals surface area contributed by atoms with Crippen LogP contribution >= 0.6 is 0 Å². The number of hydrogen-bond acceptors (Lipinski definition) is 4. The van der Waals surface area contributed by atoms with Crippen molar-refractivity contribution >= 4 is 21.9 Å². The molecular formula is C28H31FN4O. The Morgan fingerprint density at radius 3 is 2.85 bits per heavy atom. The summed E-state index contributed by atoms with van der Waals surface area (Å²) in [6.07, 6.45) is 13.2. The number of nitrogens with one attached hydrogen (secondary N) is 1. The molecule has 5 nitrogen and oxygen atoms in total. The van der Waals surface area contributed by atoms with Crippen LogP contribution in [-0.2, 0) is 0 Å². The minimum absolute atomic E-state index is 0.223. The van der Waals surface area contributed by atoms with Crippen LogP contribution in [0.1, 0.15) is 50.0 Å². The predicted molar refractivity (Wildman–Crippen MR) is 133 cm³/mol. The minimum Gasteiger partial charge on any atom is -0.493 e. The Labute approximate surface area is 199 Å². The average Bonchev–Trinajstić information content (AvgIpc) is 3.38. The highest BCUT2D eigenvalue weighted by Crippen LogP contribution is 2.40. The third-order valence-electron chi connectivity index (χ3n) is 7.78. The van der Waals surface area contributed by atoms with E-state index in [0.29, 0.717) is 24.5 Å². The highest BCUT2D eigenvalue weighted by Gasteiger charge is 2.32. The van der Waals surface area contributed by atoms with Crippen molar-refractivity contribution in [2.24, 2.45) is 5.92 Å². The Hall–Kier alpha value is -2.99. The summed E-state index contributed by atoms with van der Waals surface area (Å²) in [5.74, 6) is 1.60. The lowest BCUT2D eigenvalue weighted by Gasteiger charge is -2.42. The normalized spacial score (nSPS) is 24.0. The van der Waals surface area contributed by atoms with Gasteiger partial charge in [0.05, 0.1) is 18.3 Å². The molecule has 2 fully saturated rings. The maximum atomic E-state index is 13.2. The molecular weight excluding hydrogens is 427 g/mol. The molecule has 1 N–H and O–H groups in total. The lowest BCUT2D eigenvalue weighted by molar-refractivity contribution is 0.0734. The number of piperidine rings is 1.